The van der Waals surface area contributed by atoms with Gasteiger partial charge in [-0.25, -0.2) is 19.6 Å². The summed E-state index contributed by atoms with van der Waals surface area (Å²) in [5.41, 5.74) is 1.87. The largest absolute Gasteiger partial charge is 0.381 e. The number of ether oxygens (including phenoxy) is 1. The Morgan fingerprint density at radius 1 is 1.08 bits per heavy atom. The molecule has 4 heterocycles. The lowest BCUT2D eigenvalue weighted by Gasteiger charge is -2.37. The second kappa shape index (κ2) is 6.32. The number of amidine groups is 1. The fourth-order valence-corrected chi connectivity index (χ4v) is 4.06. The van der Waals surface area contributed by atoms with Crippen LogP contribution in [0.3, 0.4) is 0 Å². The lowest BCUT2D eigenvalue weighted by molar-refractivity contribution is 0.0667. The average molecular weight is 350 g/mol. The summed E-state index contributed by atoms with van der Waals surface area (Å²) in [5.74, 6) is 3.43. The Morgan fingerprint density at radius 3 is 2.58 bits per heavy atom. The van der Waals surface area contributed by atoms with Gasteiger partial charge in [0.1, 0.15) is 11.7 Å². The van der Waals surface area contributed by atoms with Gasteiger partial charge < -0.3 is 10.1 Å². The zero-order valence-corrected chi connectivity index (χ0v) is 14.6. The van der Waals surface area contributed by atoms with Gasteiger partial charge >= 0.3 is 0 Å². The van der Waals surface area contributed by atoms with Crippen molar-refractivity contribution in [3.8, 4) is 0 Å². The van der Waals surface area contributed by atoms with E-state index in [0.29, 0.717) is 17.9 Å². The Kier molecular flexibility index (Phi) is 3.81. The van der Waals surface area contributed by atoms with E-state index in [1.54, 1.807) is 0 Å². The maximum absolute atomic E-state index is 5.49. The maximum Gasteiger partial charge on any atom is 0.162 e. The first-order valence-electron chi connectivity index (χ1n) is 9.28. The standard InChI is InChI=1S/C19H22N6O/c1-12-16-11-22-25(13-5-9-26-10-6-13)19(16)24-18(23-12)15-4-3-14(15)17-20-7-2-8-21-17/h2,7-8,11,13-15H,1,3-6,9-10H2,(H,23,24)/t14-,15?/m1/s1. The van der Waals surface area contributed by atoms with Crippen molar-refractivity contribution in [1.29, 1.82) is 0 Å². The molecule has 7 heteroatoms. The molecule has 26 heavy (non-hydrogen) atoms. The minimum Gasteiger partial charge on any atom is -0.381 e. The molecule has 1 unspecified atom stereocenters. The summed E-state index contributed by atoms with van der Waals surface area (Å²) >= 11 is 0. The summed E-state index contributed by atoms with van der Waals surface area (Å²) < 4.78 is 7.56. The van der Waals surface area contributed by atoms with Crippen molar-refractivity contribution in [3.63, 3.8) is 0 Å². The zero-order chi connectivity index (χ0) is 17.5. The van der Waals surface area contributed by atoms with Crippen LogP contribution in [0.4, 0.5) is 5.82 Å². The molecule has 2 aliphatic heterocycles. The average Bonchev–Trinajstić information content (AvgIpc) is 3.07. The number of fused-ring (bicyclic) bond motifs is 1. The highest BCUT2D eigenvalue weighted by Crippen LogP contribution is 2.44. The molecular formula is C19H22N6O. The smallest absolute Gasteiger partial charge is 0.162 e. The number of nitrogens with one attached hydrogen (secondary N) is 1. The van der Waals surface area contributed by atoms with E-state index in [1.165, 1.54) is 0 Å². The van der Waals surface area contributed by atoms with Crippen LogP contribution in [0, 0.1) is 5.92 Å². The van der Waals surface area contributed by atoms with E-state index in [1.807, 2.05) is 24.7 Å². The summed E-state index contributed by atoms with van der Waals surface area (Å²) in [7, 11) is 0. The summed E-state index contributed by atoms with van der Waals surface area (Å²) in [6.45, 7) is 5.77. The first kappa shape index (κ1) is 15.7. The van der Waals surface area contributed by atoms with Gasteiger partial charge in [0.2, 0.25) is 0 Å². The summed E-state index contributed by atoms with van der Waals surface area (Å²) in [6, 6.07) is 2.20. The Labute approximate surface area is 152 Å². The van der Waals surface area contributed by atoms with E-state index >= 15 is 0 Å². The first-order valence-corrected chi connectivity index (χ1v) is 9.28. The first-order chi connectivity index (χ1) is 12.8. The number of rotatable bonds is 3. The van der Waals surface area contributed by atoms with E-state index < -0.39 is 0 Å². The number of nitrogens with zero attached hydrogens (tertiary/aromatic N) is 5. The lowest BCUT2D eigenvalue weighted by Crippen LogP contribution is -2.40. The predicted octanol–water partition coefficient (Wildman–Crippen LogP) is 2.82. The number of aromatic nitrogens is 4. The minimum absolute atomic E-state index is 0.306. The second-order valence-electron chi connectivity index (χ2n) is 7.17. The van der Waals surface area contributed by atoms with Gasteiger partial charge in [-0.1, -0.05) is 6.58 Å². The Balaban J connectivity index is 1.47. The van der Waals surface area contributed by atoms with Crippen molar-refractivity contribution in [2.45, 2.75) is 37.6 Å². The Morgan fingerprint density at radius 2 is 1.85 bits per heavy atom. The van der Waals surface area contributed by atoms with Gasteiger partial charge in [0.05, 0.1) is 17.8 Å². The summed E-state index contributed by atoms with van der Waals surface area (Å²) in [5, 5.41) is 8.03. The fraction of sp³-hybridized carbons (Fsp3) is 0.474. The van der Waals surface area contributed by atoms with Crippen molar-refractivity contribution in [2.75, 3.05) is 13.2 Å². The van der Waals surface area contributed by atoms with E-state index in [9.17, 15) is 0 Å². The molecular weight excluding hydrogens is 328 g/mol. The van der Waals surface area contributed by atoms with Crippen LogP contribution in [0.1, 0.15) is 49.0 Å². The quantitative estimate of drug-likeness (QED) is 0.921. The number of hydrogen-bond acceptors (Lipinski definition) is 6. The van der Waals surface area contributed by atoms with Crippen molar-refractivity contribution in [2.24, 2.45) is 10.9 Å². The third kappa shape index (κ3) is 2.54. The highest BCUT2D eigenvalue weighted by Gasteiger charge is 2.39. The van der Waals surface area contributed by atoms with Crippen molar-refractivity contribution < 1.29 is 4.74 Å². The van der Waals surface area contributed by atoms with E-state index in [0.717, 1.165) is 67.6 Å². The molecule has 0 bridgehead atoms. The molecule has 2 atom stereocenters. The van der Waals surface area contributed by atoms with Crippen molar-refractivity contribution >= 4 is 17.4 Å². The Hall–Kier alpha value is -2.54. The normalized spacial score (nSPS) is 25.8. The van der Waals surface area contributed by atoms with Crippen LogP contribution in [0.5, 0.6) is 0 Å². The van der Waals surface area contributed by atoms with Crippen LogP contribution >= 0.6 is 0 Å². The van der Waals surface area contributed by atoms with Crippen LogP contribution in [0.25, 0.3) is 5.70 Å². The van der Waals surface area contributed by atoms with Gasteiger partial charge in [-0.15, -0.1) is 0 Å². The molecule has 2 fully saturated rings. The number of hydrogen-bond donors (Lipinski definition) is 1. The molecule has 0 radical (unpaired) electrons. The highest BCUT2D eigenvalue weighted by atomic mass is 16.5. The molecule has 1 aliphatic carbocycles. The molecule has 0 amide bonds. The molecule has 134 valence electrons. The van der Waals surface area contributed by atoms with Gasteiger partial charge in [0.15, 0.2) is 5.82 Å². The third-order valence-electron chi connectivity index (χ3n) is 5.68. The van der Waals surface area contributed by atoms with Crippen molar-refractivity contribution in [1.82, 2.24) is 25.1 Å². The molecule has 1 N–H and O–H groups in total. The van der Waals surface area contributed by atoms with Crippen LogP contribution < -0.4 is 5.32 Å². The van der Waals surface area contributed by atoms with Crippen LogP contribution in [-0.4, -0.2) is 38.8 Å². The van der Waals surface area contributed by atoms with Gasteiger partial charge in [0, 0.05) is 43.1 Å². The topological polar surface area (TPSA) is 77.2 Å². The number of aliphatic imine (C=N–C) groups is 1. The summed E-state index contributed by atoms with van der Waals surface area (Å²) in [6.07, 6.45) is 9.62. The molecule has 0 aromatic carbocycles. The fourth-order valence-electron chi connectivity index (χ4n) is 4.06. The van der Waals surface area contributed by atoms with Crippen molar-refractivity contribution in [3.05, 3.63) is 42.6 Å². The van der Waals surface area contributed by atoms with Gasteiger partial charge in [0.25, 0.3) is 0 Å². The third-order valence-corrected chi connectivity index (χ3v) is 5.68. The van der Waals surface area contributed by atoms with Crippen LogP contribution in [0.15, 0.2) is 36.2 Å². The van der Waals surface area contributed by atoms with E-state index in [2.05, 4.69) is 31.6 Å². The monoisotopic (exact) mass is 350 g/mol. The molecule has 7 nitrogen and oxygen atoms in total. The zero-order valence-electron chi connectivity index (χ0n) is 14.6. The van der Waals surface area contributed by atoms with E-state index in [-0.39, 0.29) is 0 Å². The van der Waals surface area contributed by atoms with Gasteiger partial charge in [-0.2, -0.15) is 5.10 Å². The second-order valence-corrected chi connectivity index (χ2v) is 7.17. The maximum atomic E-state index is 5.49. The molecule has 0 spiro atoms. The van der Waals surface area contributed by atoms with E-state index in [4.69, 9.17) is 9.73 Å². The van der Waals surface area contributed by atoms with Gasteiger partial charge in [-0.3, -0.25) is 0 Å². The molecule has 1 saturated carbocycles. The SMILES string of the molecule is C=C1NC(C2CC[C@H]2c2ncccn2)=Nc2c1cnn2C1CCOCC1. The minimum atomic E-state index is 0.306. The molecule has 3 aliphatic rings. The molecule has 2 aromatic heterocycles. The van der Waals surface area contributed by atoms with Crippen LogP contribution in [0.2, 0.25) is 0 Å². The predicted molar refractivity (Wildman–Crippen MR) is 98.1 cm³/mol. The lowest BCUT2D eigenvalue weighted by atomic mass is 9.72. The molecule has 2 aromatic rings. The molecule has 1 saturated heterocycles. The van der Waals surface area contributed by atoms with Crippen LogP contribution in [-0.2, 0) is 4.74 Å². The summed E-state index contributed by atoms with van der Waals surface area (Å²) in [4.78, 5) is 13.9. The van der Waals surface area contributed by atoms with Gasteiger partial charge in [-0.05, 0) is 31.7 Å². The highest BCUT2D eigenvalue weighted by molar-refractivity contribution is 5.99. The Bertz CT molecular complexity index is 852. The molecule has 5 rings (SSSR count).